The zero-order chi connectivity index (χ0) is 27.3. The van der Waals surface area contributed by atoms with Gasteiger partial charge in [0.1, 0.15) is 28.8 Å². The fraction of sp³-hybridized carbons (Fsp3) is 0.606. The fourth-order valence-corrected chi connectivity index (χ4v) is 6.81. The van der Waals surface area contributed by atoms with Gasteiger partial charge in [-0.2, -0.15) is 0 Å². The first kappa shape index (κ1) is 27.5. The maximum Gasteiger partial charge on any atom is 0.342 e. The standard InChI is InChI=1S/C33H46O4/c1-20(2)11-10-16-32(8)17-15-25-28(34)27(22(5)24(29(25)37-32)13-12-21(3)4)30(35)36-26-19-23-14-18-33(26,9)31(23,6)7/h10-12,16,23,26,34H,13-15,17-19H2,1-9H3/b16-10+/t23-,26+,32+,33+/m1/s1. The average Bonchev–Trinajstić information content (AvgIpc) is 3.12. The van der Waals surface area contributed by atoms with Crippen LogP contribution in [-0.2, 0) is 17.6 Å². The highest BCUT2D eigenvalue weighted by atomic mass is 16.5. The van der Waals surface area contributed by atoms with Gasteiger partial charge in [-0.1, -0.05) is 50.1 Å². The summed E-state index contributed by atoms with van der Waals surface area (Å²) in [7, 11) is 0. The molecule has 0 radical (unpaired) electrons. The van der Waals surface area contributed by atoms with Gasteiger partial charge in [0.2, 0.25) is 0 Å². The lowest BCUT2D eigenvalue weighted by Gasteiger charge is -2.39. The highest BCUT2D eigenvalue weighted by molar-refractivity contribution is 5.96. The van der Waals surface area contributed by atoms with Crippen LogP contribution in [0.3, 0.4) is 0 Å². The highest BCUT2D eigenvalue weighted by Gasteiger charge is 2.63. The molecule has 1 aromatic rings. The summed E-state index contributed by atoms with van der Waals surface area (Å²) in [6.45, 7) is 19.2. The summed E-state index contributed by atoms with van der Waals surface area (Å²) in [4.78, 5) is 13.7. The van der Waals surface area contributed by atoms with E-state index < -0.39 is 11.6 Å². The molecular formula is C33H46O4. The first-order valence-electron chi connectivity index (χ1n) is 13.9. The number of phenolic OH excluding ortho intramolecular Hbond substituents is 1. The Morgan fingerprint density at radius 2 is 1.81 bits per heavy atom. The Hall–Kier alpha value is -2.49. The zero-order valence-corrected chi connectivity index (χ0v) is 24.4. The van der Waals surface area contributed by atoms with Crippen LogP contribution >= 0.6 is 0 Å². The molecule has 0 unspecified atom stereocenters. The molecular weight excluding hydrogens is 460 g/mol. The van der Waals surface area contributed by atoms with E-state index in [1.807, 2.05) is 13.0 Å². The zero-order valence-electron chi connectivity index (χ0n) is 24.4. The maximum absolute atomic E-state index is 13.7. The van der Waals surface area contributed by atoms with Gasteiger partial charge >= 0.3 is 5.97 Å². The predicted octanol–water partition coefficient (Wildman–Crippen LogP) is 8.19. The molecule has 1 aromatic carbocycles. The predicted molar refractivity (Wildman–Crippen MR) is 150 cm³/mol. The lowest BCUT2D eigenvalue weighted by atomic mass is 9.70. The Morgan fingerprint density at radius 1 is 1.11 bits per heavy atom. The molecule has 4 atom stereocenters. The van der Waals surface area contributed by atoms with E-state index in [2.05, 4.69) is 73.6 Å². The number of phenols is 1. The number of fused-ring (bicyclic) bond motifs is 3. The summed E-state index contributed by atoms with van der Waals surface area (Å²) in [5.41, 5.74) is 4.81. The molecule has 1 N–H and O–H groups in total. The van der Waals surface area contributed by atoms with E-state index in [0.29, 0.717) is 30.1 Å². The van der Waals surface area contributed by atoms with Crippen LogP contribution in [-0.4, -0.2) is 22.8 Å². The second-order valence-electron chi connectivity index (χ2n) is 13.1. The molecule has 2 fully saturated rings. The third-order valence-electron chi connectivity index (χ3n) is 9.87. The minimum atomic E-state index is -0.483. The van der Waals surface area contributed by atoms with E-state index in [4.69, 9.17) is 9.47 Å². The number of benzene rings is 1. The number of hydrogen-bond donors (Lipinski definition) is 1. The van der Waals surface area contributed by atoms with Crippen molar-refractivity contribution in [2.75, 3.05) is 0 Å². The van der Waals surface area contributed by atoms with Gasteiger partial charge < -0.3 is 14.6 Å². The monoisotopic (exact) mass is 506 g/mol. The van der Waals surface area contributed by atoms with Gasteiger partial charge in [-0.3, -0.25) is 0 Å². The van der Waals surface area contributed by atoms with Crippen molar-refractivity contribution in [2.24, 2.45) is 16.7 Å². The number of carbonyl (C=O) groups excluding carboxylic acids is 1. The Kier molecular flexibility index (Phi) is 7.20. The van der Waals surface area contributed by atoms with Crippen molar-refractivity contribution >= 4 is 5.97 Å². The van der Waals surface area contributed by atoms with Crippen LogP contribution in [0.2, 0.25) is 0 Å². The molecule has 202 valence electrons. The largest absolute Gasteiger partial charge is 0.507 e. The molecule has 37 heavy (non-hydrogen) atoms. The van der Waals surface area contributed by atoms with Crippen molar-refractivity contribution in [3.63, 3.8) is 0 Å². The molecule has 2 bridgehead atoms. The normalized spacial score (nSPS) is 29.5. The summed E-state index contributed by atoms with van der Waals surface area (Å²) >= 11 is 0. The number of esters is 1. The summed E-state index contributed by atoms with van der Waals surface area (Å²) in [6.07, 6.45) is 13.4. The van der Waals surface area contributed by atoms with Gasteiger partial charge in [0, 0.05) is 16.5 Å². The number of carbonyl (C=O) groups is 1. The molecule has 1 heterocycles. The molecule has 3 aliphatic rings. The van der Waals surface area contributed by atoms with Crippen molar-refractivity contribution < 1.29 is 19.4 Å². The minimum absolute atomic E-state index is 0.0290. The fourth-order valence-electron chi connectivity index (χ4n) is 6.81. The van der Waals surface area contributed by atoms with Gasteiger partial charge in [-0.15, -0.1) is 0 Å². The van der Waals surface area contributed by atoms with E-state index >= 15 is 0 Å². The number of rotatable bonds is 6. The van der Waals surface area contributed by atoms with Gasteiger partial charge in [-0.25, -0.2) is 4.79 Å². The molecule has 4 nitrogen and oxygen atoms in total. The van der Waals surface area contributed by atoms with Gasteiger partial charge in [0.15, 0.2) is 0 Å². The Balaban J connectivity index is 1.72. The van der Waals surface area contributed by atoms with Crippen molar-refractivity contribution in [3.05, 3.63) is 57.7 Å². The highest BCUT2D eigenvalue weighted by Crippen LogP contribution is 2.66. The molecule has 0 aromatic heterocycles. The van der Waals surface area contributed by atoms with Gasteiger partial charge in [0.25, 0.3) is 0 Å². The van der Waals surface area contributed by atoms with Crippen LogP contribution in [0.5, 0.6) is 11.5 Å². The summed E-state index contributed by atoms with van der Waals surface area (Å²) in [5.74, 6) is 0.920. The average molecular weight is 507 g/mol. The summed E-state index contributed by atoms with van der Waals surface area (Å²) in [5, 5.41) is 11.5. The van der Waals surface area contributed by atoms with Crippen LogP contribution < -0.4 is 4.74 Å². The number of aromatic hydroxyl groups is 1. The Bertz CT molecular complexity index is 1180. The lowest BCUT2D eigenvalue weighted by Crippen LogP contribution is -2.38. The molecule has 2 saturated carbocycles. The first-order valence-corrected chi connectivity index (χ1v) is 13.9. The van der Waals surface area contributed by atoms with Crippen LogP contribution in [0.15, 0.2) is 35.5 Å². The quantitative estimate of drug-likeness (QED) is 0.240. The smallest absolute Gasteiger partial charge is 0.342 e. The summed E-state index contributed by atoms with van der Waals surface area (Å²) < 4.78 is 12.9. The molecule has 0 spiro atoms. The maximum atomic E-state index is 13.7. The van der Waals surface area contributed by atoms with Crippen LogP contribution in [0.25, 0.3) is 0 Å². The Labute approximate surface area is 223 Å². The second kappa shape index (κ2) is 9.67. The number of hydrogen-bond acceptors (Lipinski definition) is 4. The SMILES string of the molecule is CC(C)=C/C=C/[C@@]1(C)CCc2c(O)c(C(=O)O[C@H]3C[C@H]4CC[C@]3(C)C4(C)C)c(C)c(CC=C(C)C)c2O1. The third kappa shape index (κ3) is 4.77. The van der Waals surface area contributed by atoms with E-state index in [1.165, 1.54) is 17.6 Å². The van der Waals surface area contributed by atoms with E-state index in [9.17, 15) is 9.90 Å². The van der Waals surface area contributed by atoms with Crippen molar-refractivity contribution in [1.82, 2.24) is 0 Å². The second-order valence-corrected chi connectivity index (χ2v) is 13.1. The Morgan fingerprint density at radius 3 is 2.38 bits per heavy atom. The molecule has 0 saturated heterocycles. The van der Waals surface area contributed by atoms with E-state index in [0.717, 1.165) is 36.0 Å². The van der Waals surface area contributed by atoms with Gasteiger partial charge in [-0.05, 0) is 103 Å². The third-order valence-corrected chi connectivity index (χ3v) is 9.87. The lowest BCUT2D eigenvalue weighted by molar-refractivity contribution is -0.0245. The first-order chi connectivity index (χ1) is 17.2. The molecule has 4 rings (SSSR count). The molecule has 0 amide bonds. The molecule has 2 aliphatic carbocycles. The molecule has 4 heteroatoms. The molecule has 1 aliphatic heterocycles. The van der Waals surface area contributed by atoms with Crippen LogP contribution in [0, 0.1) is 23.7 Å². The topological polar surface area (TPSA) is 55.8 Å². The number of allylic oxidation sites excluding steroid dienone is 5. The summed E-state index contributed by atoms with van der Waals surface area (Å²) in [6, 6.07) is 0. The van der Waals surface area contributed by atoms with Crippen molar-refractivity contribution in [3.8, 4) is 11.5 Å². The van der Waals surface area contributed by atoms with Crippen molar-refractivity contribution in [2.45, 2.75) is 113 Å². The van der Waals surface area contributed by atoms with E-state index in [1.54, 1.807) is 0 Å². The van der Waals surface area contributed by atoms with Crippen LogP contribution in [0.1, 0.15) is 108 Å². The van der Waals surface area contributed by atoms with Crippen LogP contribution in [0.4, 0.5) is 0 Å². The van der Waals surface area contributed by atoms with Crippen molar-refractivity contribution in [1.29, 1.82) is 0 Å². The van der Waals surface area contributed by atoms with Gasteiger partial charge in [0.05, 0.1) is 0 Å². The minimum Gasteiger partial charge on any atom is -0.507 e. The number of ether oxygens (including phenoxy) is 2. The van der Waals surface area contributed by atoms with E-state index in [-0.39, 0.29) is 22.7 Å².